The van der Waals surface area contributed by atoms with E-state index in [0.29, 0.717) is 5.41 Å². The van der Waals surface area contributed by atoms with Crippen molar-refractivity contribution in [2.75, 3.05) is 12.3 Å². The lowest BCUT2D eigenvalue weighted by molar-refractivity contribution is -0.122. The predicted molar refractivity (Wildman–Crippen MR) is 76.7 cm³/mol. The summed E-state index contributed by atoms with van der Waals surface area (Å²) < 4.78 is 0. The first-order valence-corrected chi connectivity index (χ1v) is 7.68. The Morgan fingerprint density at radius 1 is 1.39 bits per heavy atom. The van der Waals surface area contributed by atoms with Gasteiger partial charge in [-0.1, -0.05) is 31.0 Å². The van der Waals surface area contributed by atoms with Gasteiger partial charge in [0.05, 0.1) is 0 Å². The number of amides is 1. The zero-order valence-electron chi connectivity index (χ0n) is 11.3. The molecule has 2 aliphatic rings. The van der Waals surface area contributed by atoms with Crippen molar-refractivity contribution in [3.63, 3.8) is 0 Å². The highest BCUT2D eigenvalue weighted by Crippen LogP contribution is 2.41. The fourth-order valence-electron chi connectivity index (χ4n) is 2.56. The molecule has 1 aliphatic carbocycles. The Labute approximate surface area is 113 Å². The van der Waals surface area contributed by atoms with Crippen molar-refractivity contribution >= 4 is 22.8 Å². The quantitative estimate of drug-likeness (QED) is 0.804. The number of carbonyl (C=O) groups is 1. The van der Waals surface area contributed by atoms with Crippen molar-refractivity contribution in [1.82, 2.24) is 5.32 Å². The third kappa shape index (κ3) is 2.99. The Balaban J connectivity index is 1.96. The van der Waals surface area contributed by atoms with Crippen LogP contribution in [0, 0.1) is 5.41 Å². The second kappa shape index (κ2) is 5.11. The third-order valence-corrected chi connectivity index (χ3v) is 5.28. The highest BCUT2D eigenvalue weighted by atomic mass is 32.2. The molecule has 1 amide bonds. The van der Waals surface area contributed by atoms with E-state index < -0.39 is 5.54 Å². The molecule has 1 aliphatic heterocycles. The monoisotopic (exact) mass is 269 g/mol. The molecule has 0 atom stereocenters. The summed E-state index contributed by atoms with van der Waals surface area (Å²) >= 11 is 1.74. The zero-order chi connectivity index (χ0) is 13.2. The summed E-state index contributed by atoms with van der Waals surface area (Å²) in [5, 5.41) is 4.03. The molecular weight excluding hydrogens is 246 g/mol. The lowest BCUT2D eigenvalue weighted by Crippen LogP contribution is -2.53. The number of nitrogens with two attached hydrogens (primary N) is 1. The van der Waals surface area contributed by atoms with Gasteiger partial charge in [0.25, 0.3) is 0 Å². The van der Waals surface area contributed by atoms with Crippen LogP contribution in [0.15, 0.2) is 4.99 Å². The Morgan fingerprint density at radius 3 is 2.56 bits per heavy atom. The molecule has 4 nitrogen and oxygen atoms in total. The minimum Gasteiger partial charge on any atom is -0.368 e. The first kappa shape index (κ1) is 13.7. The van der Waals surface area contributed by atoms with E-state index in [2.05, 4.69) is 10.3 Å². The average Bonchev–Trinajstić information content (AvgIpc) is 2.33. The molecule has 2 rings (SSSR count). The summed E-state index contributed by atoms with van der Waals surface area (Å²) in [6.45, 7) is 4.49. The molecule has 1 fully saturated rings. The van der Waals surface area contributed by atoms with Gasteiger partial charge in [0.15, 0.2) is 5.17 Å². The van der Waals surface area contributed by atoms with Gasteiger partial charge in [-0.25, -0.2) is 0 Å². The first-order chi connectivity index (χ1) is 8.44. The molecule has 102 valence electrons. The average molecular weight is 269 g/mol. The minimum absolute atomic E-state index is 0.344. The normalized spacial score (nSPS) is 23.6. The molecule has 0 unspecified atom stereocenters. The smallest absolute Gasteiger partial charge is 0.242 e. The number of primary amides is 1. The number of rotatable bonds is 2. The number of thioether (sulfide) groups is 1. The lowest BCUT2D eigenvalue weighted by Gasteiger charge is -2.39. The largest absolute Gasteiger partial charge is 0.368 e. The molecule has 0 aromatic rings. The number of nitrogens with one attached hydrogen (secondary N) is 1. The van der Waals surface area contributed by atoms with Crippen molar-refractivity contribution in [1.29, 1.82) is 0 Å². The van der Waals surface area contributed by atoms with Gasteiger partial charge in [-0.2, -0.15) is 0 Å². The topological polar surface area (TPSA) is 67.5 Å². The molecule has 0 aromatic carbocycles. The molecule has 0 saturated heterocycles. The van der Waals surface area contributed by atoms with Crippen LogP contribution in [0.5, 0.6) is 0 Å². The van der Waals surface area contributed by atoms with Crippen LogP contribution in [-0.2, 0) is 4.79 Å². The maximum Gasteiger partial charge on any atom is 0.242 e. The third-order valence-electron chi connectivity index (χ3n) is 4.02. The highest BCUT2D eigenvalue weighted by Gasteiger charge is 2.36. The summed E-state index contributed by atoms with van der Waals surface area (Å²) in [6.07, 6.45) is 6.65. The van der Waals surface area contributed by atoms with E-state index in [0.717, 1.165) is 17.5 Å². The zero-order valence-corrected chi connectivity index (χ0v) is 12.1. The predicted octanol–water partition coefficient (Wildman–Crippen LogP) is 1.89. The van der Waals surface area contributed by atoms with E-state index >= 15 is 0 Å². The van der Waals surface area contributed by atoms with Gasteiger partial charge in [-0.15, -0.1) is 0 Å². The van der Waals surface area contributed by atoms with Gasteiger partial charge in [0.1, 0.15) is 5.54 Å². The van der Waals surface area contributed by atoms with Gasteiger partial charge in [-0.3, -0.25) is 9.79 Å². The van der Waals surface area contributed by atoms with Crippen LogP contribution in [0.4, 0.5) is 0 Å². The molecule has 0 bridgehead atoms. The lowest BCUT2D eigenvalue weighted by atomic mass is 9.75. The fraction of sp³-hybridized carbons (Fsp3) is 0.846. The Morgan fingerprint density at radius 2 is 2.06 bits per heavy atom. The van der Waals surface area contributed by atoms with Gasteiger partial charge in [0, 0.05) is 12.3 Å². The summed E-state index contributed by atoms with van der Waals surface area (Å²) in [6, 6.07) is 0. The van der Waals surface area contributed by atoms with Crippen LogP contribution < -0.4 is 11.1 Å². The molecule has 3 N–H and O–H groups in total. The van der Waals surface area contributed by atoms with Crippen molar-refractivity contribution < 1.29 is 4.79 Å². The second-order valence-corrected chi connectivity index (χ2v) is 7.05. The number of aliphatic imine (C=N–C) groups is 1. The molecule has 1 spiro atoms. The van der Waals surface area contributed by atoms with Gasteiger partial charge < -0.3 is 11.1 Å². The molecule has 5 heteroatoms. The summed E-state index contributed by atoms with van der Waals surface area (Å²) in [7, 11) is 0. The maximum absolute atomic E-state index is 11.3. The van der Waals surface area contributed by atoms with Crippen LogP contribution in [-0.4, -0.2) is 28.9 Å². The molecule has 0 aromatic heterocycles. The van der Waals surface area contributed by atoms with Gasteiger partial charge >= 0.3 is 0 Å². The fourth-order valence-corrected chi connectivity index (χ4v) is 3.87. The van der Waals surface area contributed by atoms with Gasteiger partial charge in [-0.05, 0) is 32.1 Å². The molecule has 18 heavy (non-hydrogen) atoms. The SMILES string of the molecule is CC(C)(NC1=NCC2(CCCCC2)CS1)C(N)=O. The van der Waals surface area contributed by atoms with E-state index in [1.807, 2.05) is 0 Å². The number of hydrogen-bond acceptors (Lipinski definition) is 4. The van der Waals surface area contributed by atoms with Crippen LogP contribution >= 0.6 is 11.8 Å². The van der Waals surface area contributed by atoms with Crippen LogP contribution in [0.25, 0.3) is 0 Å². The Kier molecular flexibility index (Phi) is 3.90. The molecule has 0 radical (unpaired) electrons. The Hall–Kier alpha value is -0.710. The maximum atomic E-state index is 11.3. The number of carbonyl (C=O) groups excluding carboxylic acids is 1. The first-order valence-electron chi connectivity index (χ1n) is 6.69. The number of hydrogen-bond donors (Lipinski definition) is 2. The van der Waals surface area contributed by atoms with Crippen molar-refractivity contribution in [3.8, 4) is 0 Å². The second-order valence-electron chi connectivity index (χ2n) is 6.08. The van der Waals surface area contributed by atoms with E-state index in [-0.39, 0.29) is 5.91 Å². The van der Waals surface area contributed by atoms with E-state index in [1.54, 1.807) is 25.6 Å². The van der Waals surface area contributed by atoms with Crippen LogP contribution in [0.2, 0.25) is 0 Å². The summed E-state index contributed by atoms with van der Waals surface area (Å²) in [5.41, 5.74) is 5.06. The minimum atomic E-state index is -0.719. The molecule has 1 heterocycles. The molecular formula is C13H23N3OS. The summed E-state index contributed by atoms with van der Waals surface area (Å²) in [5.74, 6) is 0.775. The van der Waals surface area contributed by atoms with Crippen LogP contribution in [0.3, 0.4) is 0 Å². The Bertz CT molecular complexity index is 359. The molecule has 1 saturated carbocycles. The van der Waals surface area contributed by atoms with Crippen LogP contribution in [0.1, 0.15) is 46.0 Å². The summed E-state index contributed by atoms with van der Waals surface area (Å²) in [4.78, 5) is 15.9. The van der Waals surface area contributed by atoms with E-state index in [9.17, 15) is 4.79 Å². The van der Waals surface area contributed by atoms with Crippen molar-refractivity contribution in [3.05, 3.63) is 0 Å². The van der Waals surface area contributed by atoms with Gasteiger partial charge in [0.2, 0.25) is 5.91 Å². The number of amidine groups is 1. The van der Waals surface area contributed by atoms with E-state index in [4.69, 9.17) is 5.73 Å². The van der Waals surface area contributed by atoms with Crippen molar-refractivity contribution in [2.45, 2.75) is 51.5 Å². The standard InChI is InChI=1S/C13H23N3OS/c1-12(2,10(14)17)16-11-15-8-13(9-18-11)6-4-3-5-7-13/h3-9H2,1-2H3,(H2,14,17)(H,15,16). The number of nitrogens with zero attached hydrogens (tertiary/aromatic N) is 1. The van der Waals surface area contributed by atoms with Crippen molar-refractivity contribution in [2.24, 2.45) is 16.1 Å². The van der Waals surface area contributed by atoms with E-state index in [1.165, 1.54) is 32.1 Å². The highest BCUT2D eigenvalue weighted by molar-refractivity contribution is 8.13.